The van der Waals surface area contributed by atoms with E-state index in [1.54, 1.807) is 16.8 Å². The van der Waals surface area contributed by atoms with Gasteiger partial charge in [-0.25, -0.2) is 9.48 Å². The molecule has 2 aromatic rings. The van der Waals surface area contributed by atoms with Crippen LogP contribution < -0.4 is 10.6 Å². The maximum absolute atomic E-state index is 12.2. The maximum Gasteiger partial charge on any atom is 0.319 e. The number of benzene rings is 1. The van der Waals surface area contributed by atoms with Gasteiger partial charge in [-0.1, -0.05) is 44.2 Å². The van der Waals surface area contributed by atoms with E-state index in [4.69, 9.17) is 4.74 Å². The van der Waals surface area contributed by atoms with Gasteiger partial charge in [-0.05, 0) is 12.1 Å². The Morgan fingerprint density at radius 2 is 2.08 bits per heavy atom. The number of rotatable bonds is 4. The third-order valence-corrected chi connectivity index (χ3v) is 4.30. The average molecular weight is 359 g/mol. The second kappa shape index (κ2) is 7.43. The number of hydrogen-bond donors (Lipinski definition) is 3. The van der Waals surface area contributed by atoms with Crippen LogP contribution in [-0.2, 0) is 16.7 Å². The highest BCUT2D eigenvalue weighted by molar-refractivity contribution is 5.89. The van der Waals surface area contributed by atoms with Crippen LogP contribution in [0.5, 0.6) is 0 Å². The summed E-state index contributed by atoms with van der Waals surface area (Å²) in [5, 5.41) is 24.0. The van der Waals surface area contributed by atoms with E-state index in [2.05, 4.69) is 41.7 Å². The highest BCUT2D eigenvalue weighted by Gasteiger charge is 2.38. The zero-order chi connectivity index (χ0) is 18.7. The minimum absolute atomic E-state index is 0.0957. The normalized spacial score (nSPS) is 23.0. The van der Waals surface area contributed by atoms with Gasteiger partial charge in [-0.3, -0.25) is 0 Å². The number of carbonyl (C=O) groups is 1. The molecule has 3 atom stereocenters. The maximum atomic E-state index is 12.2. The van der Waals surface area contributed by atoms with Gasteiger partial charge >= 0.3 is 6.03 Å². The van der Waals surface area contributed by atoms with E-state index in [9.17, 15) is 9.90 Å². The Morgan fingerprint density at radius 1 is 1.35 bits per heavy atom. The van der Waals surface area contributed by atoms with Crippen LogP contribution in [0.4, 0.5) is 10.5 Å². The highest BCUT2D eigenvalue weighted by atomic mass is 16.5. The molecule has 1 saturated heterocycles. The molecule has 0 spiro atoms. The number of ether oxygens (including phenoxy) is 1. The molecule has 1 aliphatic heterocycles. The molecule has 1 aromatic heterocycles. The Bertz CT molecular complexity index is 741. The molecular formula is C18H25N5O3. The summed E-state index contributed by atoms with van der Waals surface area (Å²) < 4.78 is 7.33. The first-order chi connectivity index (χ1) is 12.3. The number of hydrogen-bond acceptors (Lipinski definition) is 5. The standard InChI is InChI=1S/C18H25N5O3/c1-18(2,3)15-10-23(22-21-15)9-14-16(13(24)11-26-14)20-17(25)19-12-7-5-4-6-8-12/h4-8,10,13-14,16,24H,9,11H2,1-3H3,(H2,19,20,25)/t13-,14+,16+/m0/s1. The lowest BCUT2D eigenvalue weighted by atomic mass is 9.93. The number of carbonyl (C=O) groups excluding carboxylic acids is 1. The van der Waals surface area contributed by atoms with E-state index in [1.807, 2.05) is 24.4 Å². The molecule has 26 heavy (non-hydrogen) atoms. The van der Waals surface area contributed by atoms with Gasteiger partial charge < -0.3 is 20.5 Å². The fraction of sp³-hybridized carbons (Fsp3) is 0.500. The molecule has 0 unspecified atom stereocenters. The van der Waals surface area contributed by atoms with E-state index in [1.165, 1.54) is 0 Å². The molecule has 0 bridgehead atoms. The molecule has 1 aliphatic rings. The largest absolute Gasteiger partial charge is 0.388 e. The molecule has 0 aliphatic carbocycles. The van der Waals surface area contributed by atoms with Crippen molar-refractivity contribution in [2.24, 2.45) is 0 Å². The molecule has 1 aromatic carbocycles. The number of aliphatic hydroxyl groups excluding tert-OH is 1. The third kappa shape index (κ3) is 4.39. The van der Waals surface area contributed by atoms with E-state index < -0.39 is 12.1 Å². The van der Waals surface area contributed by atoms with Crippen molar-refractivity contribution in [2.75, 3.05) is 11.9 Å². The molecule has 3 N–H and O–H groups in total. The van der Waals surface area contributed by atoms with Gasteiger partial charge in [-0.15, -0.1) is 5.10 Å². The van der Waals surface area contributed by atoms with Crippen molar-refractivity contribution in [3.05, 3.63) is 42.2 Å². The zero-order valence-corrected chi connectivity index (χ0v) is 15.2. The molecular weight excluding hydrogens is 334 g/mol. The number of amides is 2. The van der Waals surface area contributed by atoms with Crippen LogP contribution >= 0.6 is 0 Å². The second-order valence-electron chi connectivity index (χ2n) is 7.51. The summed E-state index contributed by atoms with van der Waals surface area (Å²) in [5.74, 6) is 0. The molecule has 1 fully saturated rings. The lowest BCUT2D eigenvalue weighted by molar-refractivity contribution is 0.0748. The van der Waals surface area contributed by atoms with Crippen molar-refractivity contribution in [3.8, 4) is 0 Å². The quantitative estimate of drug-likeness (QED) is 0.768. The number of nitrogens with one attached hydrogen (secondary N) is 2. The monoisotopic (exact) mass is 359 g/mol. The molecule has 0 saturated carbocycles. The van der Waals surface area contributed by atoms with Gasteiger partial charge in [0.1, 0.15) is 12.2 Å². The lowest BCUT2D eigenvalue weighted by Crippen LogP contribution is -2.49. The summed E-state index contributed by atoms with van der Waals surface area (Å²) in [6.45, 7) is 6.76. The van der Waals surface area contributed by atoms with Crippen LogP contribution in [0.3, 0.4) is 0 Å². The van der Waals surface area contributed by atoms with Gasteiger partial charge in [0.05, 0.1) is 24.9 Å². The second-order valence-corrected chi connectivity index (χ2v) is 7.51. The number of urea groups is 1. The smallest absolute Gasteiger partial charge is 0.319 e. The average Bonchev–Trinajstić information content (AvgIpc) is 3.18. The van der Waals surface area contributed by atoms with Crippen LogP contribution in [0.25, 0.3) is 0 Å². The summed E-state index contributed by atoms with van der Waals surface area (Å²) in [4.78, 5) is 12.2. The van der Waals surface area contributed by atoms with Crippen LogP contribution in [-0.4, -0.2) is 51.0 Å². The van der Waals surface area contributed by atoms with Gasteiger partial charge in [0, 0.05) is 17.3 Å². The van der Waals surface area contributed by atoms with Crippen LogP contribution in [0, 0.1) is 0 Å². The molecule has 2 heterocycles. The topological polar surface area (TPSA) is 101 Å². The third-order valence-electron chi connectivity index (χ3n) is 4.30. The Morgan fingerprint density at radius 3 is 2.73 bits per heavy atom. The molecule has 0 radical (unpaired) electrons. The number of anilines is 1. The Kier molecular flexibility index (Phi) is 5.24. The van der Waals surface area contributed by atoms with Crippen LogP contribution in [0.2, 0.25) is 0 Å². The number of para-hydroxylation sites is 1. The van der Waals surface area contributed by atoms with Crippen LogP contribution in [0.15, 0.2) is 36.5 Å². The van der Waals surface area contributed by atoms with E-state index in [0.717, 1.165) is 5.69 Å². The minimum Gasteiger partial charge on any atom is -0.388 e. The number of aliphatic hydroxyl groups is 1. The van der Waals surface area contributed by atoms with Gasteiger partial charge in [-0.2, -0.15) is 0 Å². The lowest BCUT2D eigenvalue weighted by Gasteiger charge is -2.22. The highest BCUT2D eigenvalue weighted by Crippen LogP contribution is 2.20. The molecule has 8 heteroatoms. The summed E-state index contributed by atoms with van der Waals surface area (Å²) in [6.07, 6.45) is 0.711. The Hall–Kier alpha value is -2.45. The summed E-state index contributed by atoms with van der Waals surface area (Å²) in [5.41, 5.74) is 1.46. The van der Waals surface area contributed by atoms with E-state index >= 15 is 0 Å². The van der Waals surface area contributed by atoms with Gasteiger partial charge in [0.25, 0.3) is 0 Å². The predicted octanol–water partition coefficient (Wildman–Crippen LogP) is 1.53. The van der Waals surface area contributed by atoms with Crippen molar-refractivity contribution in [1.82, 2.24) is 20.3 Å². The van der Waals surface area contributed by atoms with Crippen molar-refractivity contribution in [3.63, 3.8) is 0 Å². The molecule has 8 nitrogen and oxygen atoms in total. The SMILES string of the molecule is CC(C)(C)c1cn(C[C@H]2OC[C@H](O)[C@H]2NC(=O)Nc2ccccc2)nn1. The Labute approximate surface area is 152 Å². The summed E-state index contributed by atoms with van der Waals surface area (Å²) >= 11 is 0. The van der Waals surface area contributed by atoms with Crippen molar-refractivity contribution in [2.45, 2.75) is 51.0 Å². The fourth-order valence-corrected chi connectivity index (χ4v) is 2.79. The molecule has 2 amide bonds. The first-order valence-electron chi connectivity index (χ1n) is 8.66. The van der Waals surface area contributed by atoms with E-state index in [-0.39, 0.29) is 24.2 Å². The molecule has 3 rings (SSSR count). The van der Waals surface area contributed by atoms with Crippen molar-refractivity contribution < 1.29 is 14.6 Å². The predicted molar refractivity (Wildman–Crippen MR) is 96.9 cm³/mol. The fourth-order valence-electron chi connectivity index (χ4n) is 2.79. The minimum atomic E-state index is -0.771. The summed E-state index contributed by atoms with van der Waals surface area (Å²) in [7, 11) is 0. The zero-order valence-electron chi connectivity index (χ0n) is 15.2. The van der Waals surface area contributed by atoms with Crippen molar-refractivity contribution in [1.29, 1.82) is 0 Å². The Balaban J connectivity index is 1.62. The molecule has 140 valence electrons. The van der Waals surface area contributed by atoms with Crippen LogP contribution in [0.1, 0.15) is 26.5 Å². The first kappa shape index (κ1) is 18.3. The van der Waals surface area contributed by atoms with Gasteiger partial charge in [0.15, 0.2) is 0 Å². The first-order valence-corrected chi connectivity index (χ1v) is 8.66. The summed E-state index contributed by atoms with van der Waals surface area (Å²) in [6, 6.07) is 8.22. The van der Waals surface area contributed by atoms with Crippen molar-refractivity contribution >= 4 is 11.7 Å². The number of nitrogens with zero attached hydrogens (tertiary/aromatic N) is 3. The van der Waals surface area contributed by atoms with E-state index in [0.29, 0.717) is 12.2 Å². The number of aromatic nitrogens is 3. The van der Waals surface area contributed by atoms with Gasteiger partial charge in [0.2, 0.25) is 0 Å².